The summed E-state index contributed by atoms with van der Waals surface area (Å²) < 4.78 is 33.8. The Hall–Kier alpha value is -2.52. The number of carboxylic acid groups (broad SMARTS) is 1. The average molecular weight is 346 g/mol. The van der Waals surface area contributed by atoms with Gasteiger partial charge in [0, 0.05) is 20.7 Å². The second-order valence-corrected chi connectivity index (χ2v) is 4.92. The number of fused-ring (bicyclic) bond motifs is 1. The third-order valence-corrected chi connectivity index (χ3v) is 3.54. The molecule has 5 nitrogen and oxygen atoms in total. The number of ether oxygens (including phenoxy) is 1. The van der Waals surface area contributed by atoms with E-state index in [1.54, 1.807) is 0 Å². The van der Waals surface area contributed by atoms with Crippen molar-refractivity contribution in [2.24, 2.45) is 0 Å². The molecular formula is C14H13BF4NO4. The molecule has 129 valence electrons. The van der Waals surface area contributed by atoms with E-state index in [1.165, 1.54) is 17.9 Å². The third kappa shape index (κ3) is 3.08. The van der Waals surface area contributed by atoms with Crippen LogP contribution in [0, 0.1) is 11.6 Å². The maximum Gasteiger partial charge on any atom is 0.341 e. The van der Waals surface area contributed by atoms with E-state index >= 15 is 0 Å². The zero-order valence-electron chi connectivity index (χ0n) is 12.4. The standard InChI is InChI=1S/C14H11F2NO4.B.2FH/c1-21-13-10(16)9(15)4-7-11(13)17(6-2-3-6)5-8(12(7)18)14(19)20;;;/h4-6H,2-3H2,1H3,(H,19,20);;2*1H. The number of nitrogens with zero attached hydrogens (tertiary/aromatic N) is 1. The van der Waals surface area contributed by atoms with E-state index in [9.17, 15) is 18.4 Å². The first-order valence-electron chi connectivity index (χ1n) is 6.29. The molecule has 1 saturated carbocycles. The molecule has 1 aromatic carbocycles. The van der Waals surface area contributed by atoms with Crippen molar-refractivity contribution in [2.75, 3.05) is 7.11 Å². The highest BCUT2D eigenvalue weighted by Crippen LogP contribution is 2.40. The molecule has 0 unspecified atom stereocenters. The van der Waals surface area contributed by atoms with Crippen LogP contribution in [0.5, 0.6) is 5.75 Å². The number of aromatic carboxylic acids is 1. The molecule has 1 fully saturated rings. The van der Waals surface area contributed by atoms with Crippen LogP contribution in [0.2, 0.25) is 0 Å². The van der Waals surface area contributed by atoms with Gasteiger partial charge in [-0.15, -0.1) is 0 Å². The summed E-state index contributed by atoms with van der Waals surface area (Å²) in [7, 11) is 1.17. The van der Waals surface area contributed by atoms with E-state index in [4.69, 9.17) is 9.84 Å². The van der Waals surface area contributed by atoms with Gasteiger partial charge in [0.05, 0.1) is 18.0 Å². The first kappa shape index (κ1) is 21.5. The summed E-state index contributed by atoms with van der Waals surface area (Å²) in [5, 5.41) is 8.89. The Labute approximate surface area is 135 Å². The van der Waals surface area contributed by atoms with Crippen molar-refractivity contribution in [3.8, 4) is 5.75 Å². The highest BCUT2D eigenvalue weighted by molar-refractivity contribution is 5.94. The second kappa shape index (κ2) is 7.37. The second-order valence-electron chi connectivity index (χ2n) is 4.92. The molecule has 3 rings (SSSR count). The Morgan fingerprint density at radius 2 is 1.92 bits per heavy atom. The van der Waals surface area contributed by atoms with Gasteiger partial charge < -0.3 is 14.4 Å². The van der Waals surface area contributed by atoms with Gasteiger partial charge in [-0.1, -0.05) is 0 Å². The highest BCUT2D eigenvalue weighted by Gasteiger charge is 2.30. The van der Waals surface area contributed by atoms with Crippen LogP contribution in [0.4, 0.5) is 18.2 Å². The van der Waals surface area contributed by atoms with Gasteiger partial charge in [-0.05, 0) is 18.9 Å². The summed E-state index contributed by atoms with van der Waals surface area (Å²) >= 11 is 0. The Morgan fingerprint density at radius 3 is 2.38 bits per heavy atom. The monoisotopic (exact) mass is 346 g/mol. The van der Waals surface area contributed by atoms with Crippen LogP contribution in [-0.2, 0) is 0 Å². The number of methoxy groups -OCH3 is 1. The lowest BCUT2D eigenvalue weighted by Crippen LogP contribution is -2.19. The largest absolute Gasteiger partial charge is 0.491 e. The summed E-state index contributed by atoms with van der Waals surface area (Å²) in [6, 6.07) is 0.686. The minimum Gasteiger partial charge on any atom is -0.491 e. The van der Waals surface area contributed by atoms with Gasteiger partial charge in [-0.3, -0.25) is 14.2 Å². The number of aromatic nitrogens is 1. The molecule has 0 amide bonds. The van der Waals surface area contributed by atoms with Crippen LogP contribution in [0.15, 0.2) is 17.1 Å². The van der Waals surface area contributed by atoms with Crippen molar-refractivity contribution in [2.45, 2.75) is 18.9 Å². The molecular weight excluding hydrogens is 333 g/mol. The Morgan fingerprint density at radius 1 is 1.33 bits per heavy atom. The van der Waals surface area contributed by atoms with Crippen molar-refractivity contribution in [3.63, 3.8) is 0 Å². The Kier molecular flexibility index (Phi) is 6.60. The van der Waals surface area contributed by atoms with Crippen molar-refractivity contribution in [1.29, 1.82) is 0 Å². The number of rotatable bonds is 3. The summed E-state index contributed by atoms with van der Waals surface area (Å²) in [6.45, 7) is 0. The van der Waals surface area contributed by atoms with E-state index in [-0.39, 0.29) is 40.5 Å². The maximum absolute atomic E-state index is 13.9. The minimum atomic E-state index is -1.40. The van der Waals surface area contributed by atoms with E-state index < -0.39 is 28.6 Å². The maximum atomic E-state index is 13.9. The van der Waals surface area contributed by atoms with E-state index in [0.717, 1.165) is 18.9 Å². The van der Waals surface area contributed by atoms with Crippen LogP contribution in [-0.4, -0.2) is 31.2 Å². The van der Waals surface area contributed by atoms with Crippen LogP contribution in [0.3, 0.4) is 0 Å². The van der Waals surface area contributed by atoms with Gasteiger partial charge in [0.2, 0.25) is 11.2 Å². The van der Waals surface area contributed by atoms with E-state index in [1.807, 2.05) is 0 Å². The number of pyridine rings is 1. The molecule has 1 aliphatic rings. The smallest absolute Gasteiger partial charge is 0.341 e. The van der Waals surface area contributed by atoms with Crippen LogP contribution >= 0.6 is 0 Å². The van der Waals surface area contributed by atoms with Crippen LogP contribution < -0.4 is 10.2 Å². The van der Waals surface area contributed by atoms with Crippen LogP contribution in [0.1, 0.15) is 29.2 Å². The van der Waals surface area contributed by atoms with Gasteiger partial charge in [0.1, 0.15) is 5.56 Å². The predicted molar refractivity (Wildman–Crippen MR) is 80.7 cm³/mol. The van der Waals surface area contributed by atoms with Gasteiger partial charge >= 0.3 is 5.97 Å². The fourth-order valence-corrected chi connectivity index (χ4v) is 2.41. The molecule has 0 spiro atoms. The predicted octanol–water partition coefficient (Wildman–Crippen LogP) is 2.25. The molecule has 1 heterocycles. The van der Waals surface area contributed by atoms with Gasteiger partial charge in [-0.2, -0.15) is 4.39 Å². The number of benzene rings is 1. The molecule has 0 atom stereocenters. The quantitative estimate of drug-likeness (QED) is 0.684. The van der Waals surface area contributed by atoms with Gasteiger partial charge in [0.25, 0.3) is 0 Å². The summed E-state index contributed by atoms with van der Waals surface area (Å²) in [4.78, 5) is 23.3. The van der Waals surface area contributed by atoms with Crippen molar-refractivity contribution < 1.29 is 32.8 Å². The number of hydrogen-bond donors (Lipinski definition) is 1. The first-order valence-corrected chi connectivity index (χ1v) is 6.29. The minimum absolute atomic E-state index is 0. The van der Waals surface area contributed by atoms with Gasteiger partial charge in [0.15, 0.2) is 11.6 Å². The van der Waals surface area contributed by atoms with E-state index in [2.05, 4.69) is 0 Å². The molecule has 0 bridgehead atoms. The van der Waals surface area contributed by atoms with Crippen LogP contribution in [0.25, 0.3) is 10.9 Å². The summed E-state index contributed by atoms with van der Waals surface area (Å²) in [5.41, 5.74) is -1.23. The SMILES string of the molecule is COc1c(F)c(F)cc2c(=O)c(C(=O)O)cn(C3CC3)c12.F.F.[B]. The van der Waals surface area contributed by atoms with Gasteiger partial charge in [-0.25, -0.2) is 9.18 Å². The zero-order chi connectivity index (χ0) is 15.3. The lowest BCUT2D eigenvalue weighted by Gasteiger charge is -2.15. The average Bonchev–Trinajstić information content (AvgIpc) is 3.26. The molecule has 1 aromatic heterocycles. The molecule has 1 N–H and O–H groups in total. The molecule has 3 radical (unpaired) electrons. The fourth-order valence-electron chi connectivity index (χ4n) is 2.41. The topological polar surface area (TPSA) is 68.5 Å². The van der Waals surface area contributed by atoms with Crippen molar-refractivity contribution >= 4 is 25.3 Å². The number of halogens is 4. The normalized spacial score (nSPS) is 12.6. The zero-order valence-corrected chi connectivity index (χ0v) is 12.4. The molecule has 0 aliphatic heterocycles. The summed E-state index contributed by atoms with van der Waals surface area (Å²) in [6.07, 6.45) is 2.73. The number of hydrogen-bond acceptors (Lipinski definition) is 3. The lowest BCUT2D eigenvalue weighted by atomic mass is 10.1. The molecule has 0 saturated heterocycles. The molecule has 1 aliphatic carbocycles. The number of carbonyl (C=O) groups is 1. The summed E-state index contributed by atoms with van der Waals surface area (Å²) in [5.74, 6) is -4.23. The molecule has 2 aromatic rings. The Bertz CT molecular complexity index is 836. The first-order chi connectivity index (χ1) is 9.95. The number of carboxylic acids is 1. The van der Waals surface area contributed by atoms with Crippen molar-refractivity contribution in [1.82, 2.24) is 4.57 Å². The third-order valence-electron chi connectivity index (χ3n) is 3.54. The Balaban J connectivity index is 0.00000176. The van der Waals surface area contributed by atoms with Crippen molar-refractivity contribution in [3.05, 3.63) is 39.7 Å². The highest BCUT2D eigenvalue weighted by atomic mass is 19.2. The fraction of sp³-hybridized carbons (Fsp3) is 0.286. The molecule has 10 heteroatoms. The molecule has 24 heavy (non-hydrogen) atoms. The lowest BCUT2D eigenvalue weighted by molar-refractivity contribution is 0.0695. The van der Waals surface area contributed by atoms with E-state index in [0.29, 0.717) is 0 Å².